The maximum Gasteiger partial charge on any atom is 0.254 e. The average molecular weight is 553 g/mol. The molecular formula is C22H32IN7O2. The summed E-state index contributed by atoms with van der Waals surface area (Å²) >= 11 is 0. The summed E-state index contributed by atoms with van der Waals surface area (Å²) < 4.78 is 2.02. The summed E-state index contributed by atoms with van der Waals surface area (Å²) in [4.78, 5) is 29.9. The lowest BCUT2D eigenvalue weighted by Crippen LogP contribution is -2.49. The number of aliphatic imine (C=N–C) groups is 1. The number of aryl methyl sites for hydroxylation is 3. The van der Waals surface area contributed by atoms with Gasteiger partial charge in [-0.2, -0.15) is 5.10 Å². The van der Waals surface area contributed by atoms with Gasteiger partial charge in [-0.1, -0.05) is 12.1 Å². The molecule has 0 atom stereocenters. The van der Waals surface area contributed by atoms with E-state index >= 15 is 0 Å². The first-order valence-corrected chi connectivity index (χ1v) is 10.6. The second-order valence-corrected chi connectivity index (χ2v) is 7.63. The molecule has 1 aliphatic heterocycles. The van der Waals surface area contributed by atoms with E-state index in [0.717, 1.165) is 36.7 Å². The van der Waals surface area contributed by atoms with Crippen LogP contribution >= 0.6 is 24.0 Å². The fourth-order valence-corrected chi connectivity index (χ4v) is 3.50. The monoisotopic (exact) mass is 553 g/mol. The molecule has 0 aliphatic carbocycles. The van der Waals surface area contributed by atoms with Crippen molar-refractivity contribution in [2.24, 2.45) is 4.99 Å². The molecule has 0 unspecified atom stereocenters. The van der Waals surface area contributed by atoms with Crippen LogP contribution in [0.1, 0.15) is 33.7 Å². The quantitative estimate of drug-likeness (QED) is 0.209. The molecule has 1 aromatic heterocycles. The van der Waals surface area contributed by atoms with Crippen molar-refractivity contribution in [2.45, 2.75) is 33.4 Å². The minimum atomic E-state index is -0.117. The summed E-state index contributed by atoms with van der Waals surface area (Å²) in [5, 5.41) is 13.8. The molecule has 9 nitrogen and oxygen atoms in total. The van der Waals surface area contributed by atoms with Crippen molar-refractivity contribution in [3.63, 3.8) is 0 Å². The third-order valence-corrected chi connectivity index (χ3v) is 5.15. The van der Waals surface area contributed by atoms with E-state index in [9.17, 15) is 9.59 Å². The maximum absolute atomic E-state index is 12.5. The second-order valence-electron chi connectivity index (χ2n) is 7.63. The third kappa shape index (κ3) is 7.21. The molecule has 174 valence electrons. The molecule has 1 saturated heterocycles. The Hall–Kier alpha value is -2.63. The average Bonchev–Trinajstić information content (AvgIpc) is 3.10. The predicted octanol–water partition coefficient (Wildman–Crippen LogP) is 1.45. The Labute approximate surface area is 206 Å². The van der Waals surface area contributed by atoms with Crippen molar-refractivity contribution in [3.05, 3.63) is 52.8 Å². The summed E-state index contributed by atoms with van der Waals surface area (Å²) in [6, 6.07) is 9.52. The van der Waals surface area contributed by atoms with Gasteiger partial charge < -0.3 is 20.9 Å². The Bertz CT molecular complexity index is 940. The Morgan fingerprint density at radius 3 is 2.59 bits per heavy atom. The van der Waals surface area contributed by atoms with Crippen molar-refractivity contribution in [1.29, 1.82) is 0 Å². The van der Waals surface area contributed by atoms with Gasteiger partial charge in [0.15, 0.2) is 5.96 Å². The number of aromatic nitrogens is 2. The highest BCUT2D eigenvalue weighted by atomic mass is 127. The van der Waals surface area contributed by atoms with E-state index in [4.69, 9.17) is 0 Å². The SMILES string of the molecule is CN=C(NCCCn1nc(C)cc1C)NCc1ccc(C(=O)N2CCNC(=O)C2)cc1.I. The minimum Gasteiger partial charge on any atom is -0.356 e. The molecule has 0 spiro atoms. The number of nitrogens with one attached hydrogen (secondary N) is 3. The molecule has 0 bridgehead atoms. The molecular weight excluding hydrogens is 521 g/mol. The van der Waals surface area contributed by atoms with Crippen molar-refractivity contribution in [1.82, 2.24) is 30.6 Å². The van der Waals surface area contributed by atoms with Crippen LogP contribution in [-0.4, -0.2) is 65.7 Å². The number of rotatable bonds is 7. The van der Waals surface area contributed by atoms with Crippen LogP contribution in [0.15, 0.2) is 35.3 Å². The van der Waals surface area contributed by atoms with Gasteiger partial charge in [-0.15, -0.1) is 24.0 Å². The zero-order valence-corrected chi connectivity index (χ0v) is 21.2. The van der Waals surface area contributed by atoms with Crippen molar-refractivity contribution in [2.75, 3.05) is 33.2 Å². The highest BCUT2D eigenvalue weighted by molar-refractivity contribution is 14.0. The molecule has 2 heterocycles. The molecule has 0 saturated carbocycles. The van der Waals surface area contributed by atoms with Crippen LogP contribution in [0.3, 0.4) is 0 Å². The van der Waals surface area contributed by atoms with Crippen LogP contribution in [0.25, 0.3) is 0 Å². The topological polar surface area (TPSA) is 104 Å². The van der Waals surface area contributed by atoms with Crippen molar-refractivity contribution < 1.29 is 9.59 Å². The van der Waals surface area contributed by atoms with E-state index in [2.05, 4.69) is 39.0 Å². The molecule has 0 radical (unpaired) electrons. The van der Waals surface area contributed by atoms with E-state index in [1.54, 1.807) is 24.1 Å². The smallest absolute Gasteiger partial charge is 0.254 e. The van der Waals surface area contributed by atoms with E-state index < -0.39 is 0 Å². The molecule has 3 rings (SSSR count). The summed E-state index contributed by atoms with van der Waals surface area (Å²) in [6.45, 7) is 7.46. The summed E-state index contributed by atoms with van der Waals surface area (Å²) in [6.07, 6.45) is 0.938. The molecule has 10 heteroatoms. The standard InChI is InChI=1S/C22H31N7O2.HI/c1-16-13-17(2)29(27-16)11-4-9-25-22(23-3)26-14-18-5-7-19(8-6-18)21(31)28-12-10-24-20(30)15-28;/h5-8,13H,4,9-12,14-15H2,1-3H3,(H,24,30)(H2,23,25,26);1H. The minimum absolute atomic E-state index is 0. The Morgan fingerprint density at radius 2 is 1.97 bits per heavy atom. The van der Waals surface area contributed by atoms with Gasteiger partial charge in [-0.05, 0) is 44.0 Å². The Kier molecular flexibility index (Phi) is 9.95. The van der Waals surface area contributed by atoms with Gasteiger partial charge in [0.05, 0.1) is 12.2 Å². The van der Waals surface area contributed by atoms with Gasteiger partial charge in [0.2, 0.25) is 5.91 Å². The zero-order valence-electron chi connectivity index (χ0n) is 18.9. The lowest BCUT2D eigenvalue weighted by atomic mass is 10.1. The normalized spacial score (nSPS) is 13.9. The third-order valence-electron chi connectivity index (χ3n) is 5.15. The van der Waals surface area contributed by atoms with Gasteiger partial charge in [0.25, 0.3) is 5.91 Å². The van der Waals surface area contributed by atoms with Crippen molar-refractivity contribution >= 4 is 41.8 Å². The number of hydrogen-bond acceptors (Lipinski definition) is 4. The molecule has 3 N–H and O–H groups in total. The van der Waals surface area contributed by atoms with Crippen LogP contribution in [0, 0.1) is 13.8 Å². The van der Waals surface area contributed by atoms with Crippen LogP contribution in [0.5, 0.6) is 0 Å². The highest BCUT2D eigenvalue weighted by Gasteiger charge is 2.22. The van der Waals surface area contributed by atoms with Gasteiger partial charge in [-0.3, -0.25) is 19.3 Å². The van der Waals surface area contributed by atoms with Crippen LogP contribution in [0.2, 0.25) is 0 Å². The van der Waals surface area contributed by atoms with Gasteiger partial charge >= 0.3 is 0 Å². The van der Waals surface area contributed by atoms with Crippen molar-refractivity contribution in [3.8, 4) is 0 Å². The van der Waals surface area contributed by atoms with Crippen LogP contribution in [-0.2, 0) is 17.9 Å². The molecule has 2 amide bonds. The number of halogens is 1. The summed E-state index contributed by atoms with van der Waals surface area (Å²) in [5.41, 5.74) is 3.84. The maximum atomic E-state index is 12.5. The van der Waals surface area contributed by atoms with Gasteiger partial charge in [0.1, 0.15) is 0 Å². The second kappa shape index (κ2) is 12.4. The summed E-state index contributed by atoms with van der Waals surface area (Å²) in [7, 11) is 1.74. The number of piperazine rings is 1. The highest BCUT2D eigenvalue weighted by Crippen LogP contribution is 2.09. The first-order valence-electron chi connectivity index (χ1n) is 10.6. The fraction of sp³-hybridized carbons (Fsp3) is 0.455. The van der Waals surface area contributed by atoms with E-state index in [1.165, 1.54) is 5.69 Å². The number of guanidine groups is 1. The number of hydrogen-bond donors (Lipinski definition) is 3. The number of benzene rings is 1. The lowest BCUT2D eigenvalue weighted by molar-refractivity contribution is -0.123. The number of amides is 2. The molecule has 2 aromatic rings. The molecule has 1 aromatic carbocycles. The van der Waals surface area contributed by atoms with E-state index in [1.807, 2.05) is 23.7 Å². The molecule has 1 fully saturated rings. The first kappa shape index (κ1) is 25.6. The predicted molar refractivity (Wildman–Crippen MR) is 135 cm³/mol. The van der Waals surface area contributed by atoms with E-state index in [-0.39, 0.29) is 42.3 Å². The summed E-state index contributed by atoms with van der Waals surface area (Å²) in [5.74, 6) is 0.497. The number of nitrogens with zero attached hydrogens (tertiary/aromatic N) is 4. The van der Waals surface area contributed by atoms with Gasteiger partial charge in [-0.25, -0.2) is 0 Å². The van der Waals surface area contributed by atoms with Gasteiger partial charge in [0, 0.05) is 51.0 Å². The lowest BCUT2D eigenvalue weighted by Gasteiger charge is -2.26. The number of carbonyl (C=O) groups is 2. The molecule has 1 aliphatic rings. The van der Waals surface area contributed by atoms with Crippen LogP contribution < -0.4 is 16.0 Å². The molecule has 32 heavy (non-hydrogen) atoms. The largest absolute Gasteiger partial charge is 0.356 e. The Balaban J connectivity index is 0.00000363. The fourth-order valence-electron chi connectivity index (χ4n) is 3.50. The number of carbonyl (C=O) groups excluding carboxylic acids is 2. The Morgan fingerprint density at radius 1 is 1.22 bits per heavy atom. The first-order chi connectivity index (χ1) is 15.0. The zero-order chi connectivity index (χ0) is 22.2. The van der Waals surface area contributed by atoms with E-state index in [0.29, 0.717) is 25.2 Å². The van der Waals surface area contributed by atoms with Crippen LogP contribution in [0.4, 0.5) is 0 Å².